The van der Waals surface area contributed by atoms with E-state index in [9.17, 15) is 4.39 Å². The van der Waals surface area contributed by atoms with Gasteiger partial charge in [-0.15, -0.1) is 0 Å². The van der Waals surface area contributed by atoms with Gasteiger partial charge in [-0.05, 0) is 54.3 Å². The Bertz CT molecular complexity index is 772. The third-order valence-corrected chi connectivity index (χ3v) is 5.92. The molecule has 2 aromatic rings. The number of nitrogens with zero attached hydrogens (tertiary/aromatic N) is 2. The van der Waals surface area contributed by atoms with Crippen LogP contribution >= 0.6 is 0 Å². The number of hydrogen-bond acceptors (Lipinski definition) is 2. The van der Waals surface area contributed by atoms with Crippen molar-refractivity contribution in [3.05, 3.63) is 70.5 Å². The third kappa shape index (κ3) is 2.00. The molecule has 2 aliphatic heterocycles. The monoisotopic (exact) mass is 308 g/mol. The predicted molar refractivity (Wildman–Crippen MR) is 88.9 cm³/mol. The number of benzene rings is 2. The summed E-state index contributed by atoms with van der Waals surface area (Å²) in [6.45, 7) is 2.11. The number of halogens is 1. The molecule has 0 unspecified atom stereocenters. The summed E-state index contributed by atoms with van der Waals surface area (Å²) in [5.74, 6) is 0.386. The maximum absolute atomic E-state index is 14.0. The van der Waals surface area contributed by atoms with E-state index in [1.54, 1.807) is 12.1 Å². The Balaban J connectivity index is 1.72. The van der Waals surface area contributed by atoms with Crippen LogP contribution in [0.3, 0.4) is 0 Å². The highest BCUT2D eigenvalue weighted by atomic mass is 19.1. The minimum absolute atomic E-state index is 0.107. The van der Waals surface area contributed by atoms with Gasteiger partial charge in [0, 0.05) is 24.5 Å². The van der Waals surface area contributed by atoms with Gasteiger partial charge in [-0.25, -0.2) is 4.39 Å². The van der Waals surface area contributed by atoms with Gasteiger partial charge in [0.05, 0.1) is 6.67 Å². The van der Waals surface area contributed by atoms with Crippen LogP contribution in [0.2, 0.25) is 0 Å². The largest absolute Gasteiger partial charge is 0.292 e. The average molecular weight is 308 g/mol. The molecule has 118 valence electrons. The topological polar surface area (TPSA) is 6.48 Å². The van der Waals surface area contributed by atoms with Crippen molar-refractivity contribution < 1.29 is 4.39 Å². The van der Waals surface area contributed by atoms with Crippen LogP contribution < -0.4 is 0 Å². The summed E-state index contributed by atoms with van der Waals surface area (Å²) in [5.41, 5.74) is 5.40. The summed E-state index contributed by atoms with van der Waals surface area (Å²) < 4.78 is 14.0. The van der Waals surface area contributed by atoms with E-state index in [0.717, 1.165) is 19.6 Å². The molecule has 2 heterocycles. The molecule has 2 aromatic carbocycles. The normalized spacial score (nSPS) is 29.6. The Morgan fingerprint density at radius 1 is 1.04 bits per heavy atom. The lowest BCUT2D eigenvalue weighted by molar-refractivity contribution is 0.208. The van der Waals surface area contributed by atoms with E-state index in [1.807, 2.05) is 6.07 Å². The maximum Gasteiger partial charge on any atom is 0.123 e. The zero-order valence-corrected chi connectivity index (χ0v) is 13.4. The fraction of sp³-hybridized carbons (Fsp3) is 0.400. The van der Waals surface area contributed by atoms with E-state index in [0.29, 0.717) is 18.0 Å². The van der Waals surface area contributed by atoms with E-state index in [-0.39, 0.29) is 5.82 Å². The maximum atomic E-state index is 14.0. The Morgan fingerprint density at radius 3 is 2.78 bits per heavy atom. The van der Waals surface area contributed by atoms with Gasteiger partial charge in [0.25, 0.3) is 0 Å². The third-order valence-electron chi connectivity index (χ3n) is 5.92. The molecule has 3 heteroatoms. The molecule has 23 heavy (non-hydrogen) atoms. The summed E-state index contributed by atoms with van der Waals surface area (Å²) in [4.78, 5) is 4.99. The van der Waals surface area contributed by atoms with E-state index < -0.39 is 0 Å². The molecule has 3 atom stereocenters. The molecular formula is C20H21FN2. The molecule has 0 bridgehead atoms. The predicted octanol–water partition coefficient (Wildman–Crippen LogP) is 3.53. The van der Waals surface area contributed by atoms with Gasteiger partial charge < -0.3 is 0 Å². The molecule has 0 saturated carbocycles. The molecule has 3 aliphatic rings. The summed E-state index contributed by atoms with van der Waals surface area (Å²) in [6.07, 6.45) is 2.11. The minimum Gasteiger partial charge on any atom is -0.292 e. The van der Waals surface area contributed by atoms with Crippen molar-refractivity contribution >= 4 is 0 Å². The highest BCUT2D eigenvalue weighted by molar-refractivity contribution is 5.46. The highest BCUT2D eigenvalue weighted by Crippen LogP contribution is 2.52. The van der Waals surface area contributed by atoms with Crippen molar-refractivity contribution in [3.8, 4) is 0 Å². The van der Waals surface area contributed by atoms with Crippen LogP contribution in [0.4, 0.5) is 4.39 Å². The second-order valence-electron chi connectivity index (χ2n) is 7.35. The van der Waals surface area contributed by atoms with Crippen LogP contribution in [0.15, 0.2) is 42.5 Å². The second-order valence-corrected chi connectivity index (χ2v) is 7.35. The zero-order valence-electron chi connectivity index (χ0n) is 13.4. The van der Waals surface area contributed by atoms with Crippen molar-refractivity contribution in [1.82, 2.24) is 9.80 Å². The standard InChI is InChI=1S/C20H21FN2/c1-22-11-16-10-19-17-5-3-2-4-13(17)8-14-6-7-15(21)9-18(14)20(19)23(16)12-22/h2-7,9,16,19-20H,8,10-12H2,1H3/t16-,19+,20-/m0/s1. The molecule has 1 aliphatic carbocycles. The summed E-state index contributed by atoms with van der Waals surface area (Å²) in [6, 6.07) is 15.1. The van der Waals surface area contributed by atoms with Gasteiger partial charge in [-0.2, -0.15) is 0 Å². The lowest BCUT2D eigenvalue weighted by Crippen LogP contribution is -2.29. The van der Waals surface area contributed by atoms with Gasteiger partial charge in [0.1, 0.15) is 5.82 Å². The van der Waals surface area contributed by atoms with Crippen molar-refractivity contribution in [3.63, 3.8) is 0 Å². The van der Waals surface area contributed by atoms with Crippen LogP contribution in [0.1, 0.15) is 40.6 Å². The van der Waals surface area contributed by atoms with Crippen molar-refractivity contribution in [2.45, 2.75) is 30.8 Å². The van der Waals surface area contributed by atoms with Gasteiger partial charge in [-0.1, -0.05) is 30.3 Å². The van der Waals surface area contributed by atoms with Crippen LogP contribution in [-0.2, 0) is 6.42 Å². The highest BCUT2D eigenvalue weighted by Gasteiger charge is 2.48. The van der Waals surface area contributed by atoms with Crippen LogP contribution in [0.5, 0.6) is 0 Å². The number of fused-ring (bicyclic) bond motifs is 7. The van der Waals surface area contributed by atoms with Gasteiger partial charge in [0.15, 0.2) is 0 Å². The van der Waals surface area contributed by atoms with E-state index in [2.05, 4.69) is 41.1 Å². The Morgan fingerprint density at radius 2 is 1.87 bits per heavy atom. The van der Waals surface area contributed by atoms with E-state index in [4.69, 9.17) is 0 Å². The number of hydrogen-bond donors (Lipinski definition) is 0. The van der Waals surface area contributed by atoms with Gasteiger partial charge in [0.2, 0.25) is 0 Å². The molecule has 0 radical (unpaired) electrons. The average Bonchev–Trinajstić information content (AvgIpc) is 3.01. The smallest absolute Gasteiger partial charge is 0.123 e. The number of likely N-dealkylation sites (N-methyl/N-ethyl adjacent to an activating group) is 1. The van der Waals surface area contributed by atoms with Crippen LogP contribution in [-0.4, -0.2) is 36.1 Å². The summed E-state index contributed by atoms with van der Waals surface area (Å²) in [5, 5.41) is 0. The van der Waals surface area contributed by atoms with E-state index >= 15 is 0 Å². The molecule has 0 N–H and O–H groups in total. The number of rotatable bonds is 0. The van der Waals surface area contributed by atoms with Crippen molar-refractivity contribution in [2.75, 3.05) is 20.3 Å². The Hall–Kier alpha value is -1.71. The fourth-order valence-corrected chi connectivity index (χ4v) is 5.05. The second kappa shape index (κ2) is 4.89. The zero-order chi connectivity index (χ0) is 15.6. The Labute approximate surface area is 136 Å². The Kier molecular flexibility index (Phi) is 2.91. The molecular weight excluding hydrogens is 287 g/mol. The molecule has 2 nitrogen and oxygen atoms in total. The first-order valence-electron chi connectivity index (χ1n) is 8.51. The van der Waals surface area contributed by atoms with Gasteiger partial charge in [-0.3, -0.25) is 9.80 Å². The van der Waals surface area contributed by atoms with Crippen LogP contribution in [0, 0.1) is 5.82 Å². The first kappa shape index (κ1) is 13.7. The molecule has 2 saturated heterocycles. The molecule has 0 amide bonds. The fourth-order valence-electron chi connectivity index (χ4n) is 5.05. The van der Waals surface area contributed by atoms with Crippen molar-refractivity contribution in [2.24, 2.45) is 0 Å². The molecule has 0 aromatic heterocycles. The molecule has 0 spiro atoms. The first-order valence-corrected chi connectivity index (χ1v) is 8.51. The first-order chi connectivity index (χ1) is 11.2. The quantitative estimate of drug-likeness (QED) is 0.734. The van der Waals surface area contributed by atoms with E-state index in [1.165, 1.54) is 28.7 Å². The van der Waals surface area contributed by atoms with Gasteiger partial charge >= 0.3 is 0 Å². The lowest BCUT2D eigenvalue weighted by Gasteiger charge is -2.28. The van der Waals surface area contributed by atoms with Crippen molar-refractivity contribution in [1.29, 1.82) is 0 Å². The minimum atomic E-state index is -0.107. The summed E-state index contributed by atoms with van der Waals surface area (Å²) >= 11 is 0. The summed E-state index contributed by atoms with van der Waals surface area (Å²) in [7, 11) is 2.18. The molecule has 5 rings (SSSR count). The SMILES string of the molecule is CN1C[C@@H]2C[C@@H]3c4ccccc4Cc4ccc(F)cc4[C@@H]3N2C1. The van der Waals surface area contributed by atoms with Crippen LogP contribution in [0.25, 0.3) is 0 Å². The lowest BCUT2D eigenvalue weighted by atomic mass is 9.86. The molecule has 2 fully saturated rings.